The Balaban J connectivity index is 1.99. The topological polar surface area (TPSA) is 49.2 Å². The number of phenols is 1. The van der Waals surface area contributed by atoms with Crippen LogP contribution in [0.5, 0.6) is 5.75 Å². The lowest BCUT2D eigenvalue weighted by atomic mass is 10.1. The first-order valence-corrected chi connectivity index (χ1v) is 8.15. The van der Waals surface area contributed by atoms with E-state index in [9.17, 15) is 9.50 Å². The van der Waals surface area contributed by atoms with Gasteiger partial charge in [-0.05, 0) is 49.6 Å². The van der Waals surface area contributed by atoms with Crippen molar-refractivity contribution in [2.24, 2.45) is 0 Å². The zero-order chi connectivity index (χ0) is 16.7. The molecule has 4 rings (SSSR count). The van der Waals surface area contributed by atoms with Crippen LogP contribution < -0.4 is 4.90 Å². The molecule has 1 fully saturated rings. The van der Waals surface area contributed by atoms with E-state index in [1.807, 2.05) is 25.1 Å². The van der Waals surface area contributed by atoms with Gasteiger partial charge in [-0.25, -0.2) is 14.4 Å². The number of phenolic OH excluding ortho intramolecular Hbond substituents is 1. The van der Waals surface area contributed by atoms with Crippen LogP contribution in [0.2, 0.25) is 0 Å². The van der Waals surface area contributed by atoms with Gasteiger partial charge in [0.1, 0.15) is 17.4 Å². The first-order valence-electron chi connectivity index (χ1n) is 8.15. The van der Waals surface area contributed by atoms with Crippen molar-refractivity contribution in [3.05, 3.63) is 47.8 Å². The summed E-state index contributed by atoms with van der Waals surface area (Å²) >= 11 is 0. The van der Waals surface area contributed by atoms with Crippen LogP contribution in [0.25, 0.3) is 22.3 Å². The molecule has 5 heteroatoms. The Kier molecular flexibility index (Phi) is 3.56. The minimum absolute atomic E-state index is 0.0568. The number of nitrogens with zero attached hydrogens (tertiary/aromatic N) is 3. The third kappa shape index (κ3) is 2.46. The molecule has 122 valence electrons. The van der Waals surface area contributed by atoms with Crippen LogP contribution in [0.4, 0.5) is 10.2 Å². The molecule has 0 saturated carbocycles. The summed E-state index contributed by atoms with van der Waals surface area (Å²) in [5.41, 5.74) is 1.91. The Morgan fingerprint density at radius 3 is 2.62 bits per heavy atom. The number of fused-ring (bicyclic) bond motifs is 1. The molecule has 1 aliphatic heterocycles. The summed E-state index contributed by atoms with van der Waals surface area (Å²) in [7, 11) is 0. The molecule has 1 N–H and O–H groups in total. The molecule has 3 aromatic rings. The number of aryl methyl sites for hydroxylation is 1. The lowest BCUT2D eigenvalue weighted by Crippen LogP contribution is -2.20. The summed E-state index contributed by atoms with van der Waals surface area (Å²) in [5, 5.41) is 11.1. The van der Waals surface area contributed by atoms with Gasteiger partial charge in [-0.2, -0.15) is 0 Å². The van der Waals surface area contributed by atoms with E-state index >= 15 is 0 Å². The number of benzene rings is 2. The van der Waals surface area contributed by atoms with E-state index in [1.165, 1.54) is 18.2 Å². The molecule has 2 heterocycles. The lowest BCUT2D eigenvalue weighted by molar-refractivity contribution is 0.471. The fourth-order valence-electron chi connectivity index (χ4n) is 3.24. The number of halogens is 1. The number of anilines is 1. The van der Waals surface area contributed by atoms with Gasteiger partial charge in [0.05, 0.1) is 11.1 Å². The van der Waals surface area contributed by atoms with Gasteiger partial charge >= 0.3 is 0 Å². The Hall–Kier alpha value is -2.69. The number of aromatic hydroxyl groups is 1. The Bertz CT molecular complexity index is 900. The highest BCUT2D eigenvalue weighted by Gasteiger charge is 2.21. The zero-order valence-corrected chi connectivity index (χ0v) is 13.5. The maximum absolute atomic E-state index is 14.3. The van der Waals surface area contributed by atoms with Gasteiger partial charge in [-0.15, -0.1) is 0 Å². The highest BCUT2D eigenvalue weighted by molar-refractivity contribution is 5.92. The van der Waals surface area contributed by atoms with Crippen molar-refractivity contribution >= 4 is 16.7 Å². The second-order valence-electron chi connectivity index (χ2n) is 6.22. The Labute approximate surface area is 139 Å². The van der Waals surface area contributed by atoms with Crippen molar-refractivity contribution in [1.29, 1.82) is 0 Å². The van der Waals surface area contributed by atoms with Crippen molar-refractivity contribution < 1.29 is 9.50 Å². The van der Waals surface area contributed by atoms with E-state index in [4.69, 9.17) is 0 Å². The van der Waals surface area contributed by atoms with Crippen LogP contribution in [0.15, 0.2) is 36.4 Å². The molecule has 0 bridgehead atoms. The van der Waals surface area contributed by atoms with Crippen molar-refractivity contribution in [1.82, 2.24) is 9.97 Å². The monoisotopic (exact) mass is 323 g/mol. The number of hydrogen-bond acceptors (Lipinski definition) is 4. The van der Waals surface area contributed by atoms with Crippen molar-refractivity contribution in [3.63, 3.8) is 0 Å². The normalized spacial score (nSPS) is 14.5. The van der Waals surface area contributed by atoms with Crippen LogP contribution in [-0.2, 0) is 0 Å². The van der Waals surface area contributed by atoms with E-state index in [0.717, 1.165) is 48.2 Å². The van der Waals surface area contributed by atoms with Gasteiger partial charge in [-0.1, -0.05) is 12.1 Å². The average molecular weight is 323 g/mol. The molecule has 0 amide bonds. The second kappa shape index (κ2) is 5.74. The molecule has 4 nitrogen and oxygen atoms in total. The molecule has 1 saturated heterocycles. The highest BCUT2D eigenvalue weighted by Crippen LogP contribution is 2.34. The van der Waals surface area contributed by atoms with Crippen LogP contribution in [0, 0.1) is 12.7 Å². The summed E-state index contributed by atoms with van der Waals surface area (Å²) < 4.78 is 14.3. The summed E-state index contributed by atoms with van der Waals surface area (Å²) in [5.74, 6) is 0.379. The smallest absolute Gasteiger partial charge is 0.168 e. The third-order valence-electron chi connectivity index (χ3n) is 4.45. The van der Waals surface area contributed by atoms with E-state index in [-0.39, 0.29) is 17.1 Å². The molecule has 0 unspecified atom stereocenters. The number of rotatable bonds is 2. The van der Waals surface area contributed by atoms with Gasteiger partial charge in [0.2, 0.25) is 0 Å². The Morgan fingerprint density at radius 2 is 1.88 bits per heavy atom. The molecular weight excluding hydrogens is 305 g/mol. The van der Waals surface area contributed by atoms with Gasteiger partial charge in [0.15, 0.2) is 5.82 Å². The molecule has 1 aliphatic rings. The van der Waals surface area contributed by atoms with E-state index in [0.29, 0.717) is 0 Å². The molecule has 1 aromatic heterocycles. The molecular formula is C19H18FN3O. The van der Waals surface area contributed by atoms with Gasteiger partial charge in [-0.3, -0.25) is 0 Å². The standard InChI is InChI=1S/C19H18FN3O/c1-12-7-8-13-15(11-12)21-18(17-14(20)5-4-6-16(17)24)22-19(13)23-9-2-3-10-23/h4-8,11,24H,2-3,9-10H2,1H3. The zero-order valence-electron chi connectivity index (χ0n) is 13.5. The van der Waals surface area contributed by atoms with Crippen molar-refractivity contribution in [2.75, 3.05) is 18.0 Å². The van der Waals surface area contributed by atoms with E-state index in [1.54, 1.807) is 0 Å². The summed E-state index contributed by atoms with van der Waals surface area (Å²) in [6.45, 7) is 3.86. The maximum Gasteiger partial charge on any atom is 0.168 e. The molecule has 0 radical (unpaired) electrons. The molecule has 24 heavy (non-hydrogen) atoms. The predicted octanol–water partition coefficient (Wildman–Crippen LogP) is 4.05. The van der Waals surface area contributed by atoms with E-state index < -0.39 is 5.82 Å². The van der Waals surface area contributed by atoms with E-state index in [2.05, 4.69) is 14.9 Å². The number of hydrogen-bond donors (Lipinski definition) is 1. The van der Waals surface area contributed by atoms with Crippen LogP contribution in [0.1, 0.15) is 18.4 Å². The minimum Gasteiger partial charge on any atom is -0.507 e. The SMILES string of the molecule is Cc1ccc2c(N3CCCC3)nc(-c3c(O)cccc3F)nc2c1. The van der Waals surface area contributed by atoms with Crippen molar-refractivity contribution in [2.45, 2.75) is 19.8 Å². The largest absolute Gasteiger partial charge is 0.507 e. The van der Waals surface area contributed by atoms with Gasteiger partial charge in [0.25, 0.3) is 0 Å². The van der Waals surface area contributed by atoms with Gasteiger partial charge < -0.3 is 10.0 Å². The molecule has 2 aromatic carbocycles. The molecule has 0 atom stereocenters. The Morgan fingerprint density at radius 1 is 1.08 bits per heavy atom. The quantitative estimate of drug-likeness (QED) is 0.773. The average Bonchev–Trinajstić information content (AvgIpc) is 3.08. The maximum atomic E-state index is 14.3. The predicted molar refractivity (Wildman–Crippen MR) is 92.8 cm³/mol. The fourth-order valence-corrected chi connectivity index (χ4v) is 3.24. The third-order valence-corrected chi connectivity index (χ3v) is 4.45. The van der Waals surface area contributed by atoms with Gasteiger partial charge in [0, 0.05) is 18.5 Å². The summed E-state index contributed by atoms with van der Waals surface area (Å²) in [6.07, 6.45) is 2.25. The van der Waals surface area contributed by atoms with Crippen LogP contribution >= 0.6 is 0 Å². The summed E-state index contributed by atoms with van der Waals surface area (Å²) in [4.78, 5) is 11.4. The fraction of sp³-hybridized carbons (Fsp3) is 0.263. The first-order chi connectivity index (χ1) is 11.6. The van der Waals surface area contributed by atoms with Crippen molar-refractivity contribution in [3.8, 4) is 17.1 Å². The van der Waals surface area contributed by atoms with Crippen LogP contribution in [-0.4, -0.2) is 28.2 Å². The summed E-state index contributed by atoms with van der Waals surface area (Å²) in [6, 6.07) is 10.3. The molecule has 0 aliphatic carbocycles. The highest BCUT2D eigenvalue weighted by atomic mass is 19.1. The lowest BCUT2D eigenvalue weighted by Gasteiger charge is -2.19. The van der Waals surface area contributed by atoms with Crippen LogP contribution in [0.3, 0.4) is 0 Å². The molecule has 0 spiro atoms. The first kappa shape index (κ1) is 14.9. The second-order valence-corrected chi connectivity index (χ2v) is 6.22. The minimum atomic E-state index is -0.519. The number of aromatic nitrogens is 2.